The van der Waals surface area contributed by atoms with Crippen molar-refractivity contribution in [2.24, 2.45) is 0 Å². The van der Waals surface area contributed by atoms with Crippen molar-refractivity contribution >= 4 is 27.3 Å². The fourth-order valence-electron chi connectivity index (χ4n) is 2.65. The first-order valence-corrected chi connectivity index (χ1v) is 11.3. The van der Waals surface area contributed by atoms with Crippen LogP contribution in [0.1, 0.15) is 18.7 Å². The first-order valence-electron chi connectivity index (χ1n) is 9.00. The number of hydrogen-bond acceptors (Lipinski definition) is 7. The average molecular weight is 435 g/mol. The maximum absolute atomic E-state index is 12.5. The molecule has 0 N–H and O–H groups in total. The summed E-state index contributed by atoms with van der Waals surface area (Å²) in [4.78, 5) is 19.3. The van der Waals surface area contributed by atoms with E-state index in [0.717, 1.165) is 4.88 Å². The summed E-state index contributed by atoms with van der Waals surface area (Å²) in [6.45, 7) is 0.454. The van der Waals surface area contributed by atoms with Gasteiger partial charge in [-0.3, -0.25) is 4.79 Å². The van der Waals surface area contributed by atoms with E-state index < -0.39 is 10.0 Å². The summed E-state index contributed by atoms with van der Waals surface area (Å²) < 4.78 is 31.4. The average Bonchev–Trinajstić information content (AvgIpc) is 3.40. The predicted molar refractivity (Wildman–Crippen MR) is 110 cm³/mol. The topological polar surface area (TPSA) is 96.6 Å². The number of nitrogens with zero attached hydrogens (tertiary/aromatic N) is 4. The second-order valence-electron chi connectivity index (χ2n) is 6.48. The van der Waals surface area contributed by atoms with Crippen LogP contribution in [0.2, 0.25) is 0 Å². The Hall–Kier alpha value is -2.56. The Labute approximate surface area is 173 Å². The molecule has 0 bridgehead atoms. The molecule has 0 radical (unpaired) electrons. The summed E-state index contributed by atoms with van der Waals surface area (Å²) in [7, 11) is -0.379. The Morgan fingerprint density at radius 1 is 1.14 bits per heavy atom. The Morgan fingerprint density at radius 2 is 1.90 bits per heavy atom. The van der Waals surface area contributed by atoms with Gasteiger partial charge in [0, 0.05) is 27.1 Å². The van der Waals surface area contributed by atoms with Crippen molar-refractivity contribution in [3.8, 4) is 10.7 Å². The Kier molecular flexibility index (Phi) is 6.78. The van der Waals surface area contributed by atoms with E-state index in [0.29, 0.717) is 18.1 Å². The van der Waals surface area contributed by atoms with Crippen LogP contribution in [0.5, 0.6) is 0 Å². The van der Waals surface area contributed by atoms with Crippen molar-refractivity contribution in [2.45, 2.75) is 24.3 Å². The van der Waals surface area contributed by atoms with E-state index in [1.54, 1.807) is 37.4 Å². The second kappa shape index (κ2) is 9.29. The van der Waals surface area contributed by atoms with E-state index in [9.17, 15) is 13.2 Å². The number of aromatic nitrogens is 2. The molecule has 0 saturated heterocycles. The third-order valence-corrected chi connectivity index (χ3v) is 7.06. The number of carbonyl (C=O) groups excluding carboxylic acids is 1. The van der Waals surface area contributed by atoms with Gasteiger partial charge in [0.2, 0.25) is 27.6 Å². The number of sulfonamides is 1. The molecular formula is C19H22N4O4S2. The minimum absolute atomic E-state index is 0.119. The molecule has 2 aromatic heterocycles. The summed E-state index contributed by atoms with van der Waals surface area (Å²) in [5.74, 6) is 0.739. The van der Waals surface area contributed by atoms with Crippen LogP contribution in [-0.2, 0) is 21.4 Å². The van der Waals surface area contributed by atoms with Gasteiger partial charge in [-0.05, 0) is 30.0 Å². The van der Waals surface area contributed by atoms with E-state index >= 15 is 0 Å². The van der Waals surface area contributed by atoms with Crippen LogP contribution >= 0.6 is 11.3 Å². The molecule has 0 atom stereocenters. The van der Waals surface area contributed by atoms with Crippen LogP contribution < -0.4 is 0 Å². The molecule has 2 heterocycles. The van der Waals surface area contributed by atoms with Crippen molar-refractivity contribution in [3.63, 3.8) is 0 Å². The van der Waals surface area contributed by atoms with Crippen LogP contribution in [0, 0.1) is 0 Å². The van der Waals surface area contributed by atoms with Gasteiger partial charge in [0.05, 0.1) is 16.3 Å². The van der Waals surface area contributed by atoms with E-state index in [1.807, 2.05) is 17.5 Å². The van der Waals surface area contributed by atoms with Gasteiger partial charge in [-0.2, -0.15) is 4.98 Å². The van der Waals surface area contributed by atoms with Crippen molar-refractivity contribution in [2.75, 3.05) is 20.6 Å². The van der Waals surface area contributed by atoms with Gasteiger partial charge >= 0.3 is 0 Å². The monoisotopic (exact) mass is 434 g/mol. The molecule has 154 valence electrons. The van der Waals surface area contributed by atoms with Gasteiger partial charge in [-0.25, -0.2) is 12.7 Å². The fourth-order valence-corrected chi connectivity index (χ4v) is 4.53. The lowest BCUT2D eigenvalue weighted by Gasteiger charge is -2.18. The van der Waals surface area contributed by atoms with Crippen LogP contribution in [0.4, 0.5) is 0 Å². The molecular weight excluding hydrogens is 412 g/mol. The zero-order chi connectivity index (χ0) is 20.9. The lowest BCUT2D eigenvalue weighted by molar-refractivity contribution is -0.130. The minimum atomic E-state index is -3.55. The molecule has 0 fully saturated rings. The molecule has 0 spiro atoms. The van der Waals surface area contributed by atoms with E-state index in [1.165, 1.54) is 27.6 Å². The highest BCUT2D eigenvalue weighted by Gasteiger charge is 2.21. The molecule has 0 saturated carbocycles. The van der Waals surface area contributed by atoms with Crippen molar-refractivity contribution in [1.82, 2.24) is 19.3 Å². The highest BCUT2D eigenvalue weighted by molar-refractivity contribution is 7.89. The SMILES string of the molecule is CN(Cc1nc(-c2cccs2)no1)C(=O)CCCN(C)S(=O)(=O)c1ccccc1. The van der Waals surface area contributed by atoms with E-state index in [-0.39, 0.29) is 30.3 Å². The van der Waals surface area contributed by atoms with Crippen LogP contribution in [0.3, 0.4) is 0 Å². The minimum Gasteiger partial charge on any atom is -0.337 e. The zero-order valence-electron chi connectivity index (χ0n) is 16.2. The van der Waals surface area contributed by atoms with Gasteiger partial charge in [0.1, 0.15) is 0 Å². The molecule has 10 heteroatoms. The number of rotatable bonds is 9. The Bertz CT molecular complexity index is 1030. The van der Waals surface area contributed by atoms with Crippen LogP contribution in [-0.4, -0.2) is 54.3 Å². The molecule has 3 rings (SSSR count). The quantitative estimate of drug-likeness (QED) is 0.514. The molecule has 0 aliphatic rings. The summed E-state index contributed by atoms with van der Waals surface area (Å²) in [6, 6.07) is 12.0. The number of benzene rings is 1. The third-order valence-electron chi connectivity index (χ3n) is 4.32. The van der Waals surface area contributed by atoms with Crippen molar-refractivity contribution < 1.29 is 17.7 Å². The van der Waals surface area contributed by atoms with Gasteiger partial charge in [0.15, 0.2) is 0 Å². The lowest BCUT2D eigenvalue weighted by atomic mass is 10.3. The lowest BCUT2D eigenvalue weighted by Crippen LogP contribution is -2.30. The maximum atomic E-state index is 12.5. The largest absolute Gasteiger partial charge is 0.337 e. The fraction of sp³-hybridized carbons (Fsp3) is 0.316. The smallest absolute Gasteiger partial charge is 0.246 e. The number of carbonyl (C=O) groups is 1. The van der Waals surface area contributed by atoms with Crippen molar-refractivity contribution in [3.05, 3.63) is 53.7 Å². The number of hydrogen-bond donors (Lipinski definition) is 0. The second-order valence-corrected chi connectivity index (χ2v) is 9.47. The zero-order valence-corrected chi connectivity index (χ0v) is 17.8. The first-order chi connectivity index (χ1) is 13.9. The van der Waals surface area contributed by atoms with Crippen LogP contribution in [0.15, 0.2) is 57.3 Å². The molecule has 1 amide bonds. The standard InChI is InChI=1S/C19H22N4O4S2/c1-22(14-17-20-19(21-27-17)16-10-7-13-28-16)18(24)11-6-12-23(2)29(25,26)15-8-4-3-5-9-15/h3-5,7-10,13H,6,11-12,14H2,1-2H3. The summed E-state index contributed by atoms with van der Waals surface area (Å²) in [5.41, 5.74) is 0. The summed E-state index contributed by atoms with van der Waals surface area (Å²) in [6.07, 6.45) is 0.632. The highest BCUT2D eigenvalue weighted by Crippen LogP contribution is 2.21. The number of thiophene rings is 1. The molecule has 0 aliphatic heterocycles. The van der Waals surface area contributed by atoms with Gasteiger partial charge in [-0.15, -0.1) is 11.3 Å². The molecule has 8 nitrogen and oxygen atoms in total. The van der Waals surface area contributed by atoms with Gasteiger partial charge in [0.25, 0.3) is 0 Å². The molecule has 29 heavy (non-hydrogen) atoms. The van der Waals surface area contributed by atoms with Crippen LogP contribution in [0.25, 0.3) is 10.7 Å². The highest BCUT2D eigenvalue weighted by atomic mass is 32.2. The molecule has 1 aromatic carbocycles. The molecule has 0 unspecified atom stereocenters. The maximum Gasteiger partial charge on any atom is 0.246 e. The predicted octanol–water partition coefficient (Wildman–Crippen LogP) is 2.86. The first kappa shape index (κ1) is 21.2. The summed E-state index contributed by atoms with van der Waals surface area (Å²) in [5, 5.41) is 5.85. The van der Waals surface area contributed by atoms with Gasteiger partial charge < -0.3 is 9.42 Å². The van der Waals surface area contributed by atoms with E-state index in [4.69, 9.17) is 4.52 Å². The van der Waals surface area contributed by atoms with E-state index in [2.05, 4.69) is 10.1 Å². The third kappa shape index (κ3) is 5.28. The van der Waals surface area contributed by atoms with Crippen molar-refractivity contribution in [1.29, 1.82) is 0 Å². The molecule has 3 aromatic rings. The number of amides is 1. The summed E-state index contributed by atoms with van der Waals surface area (Å²) >= 11 is 1.51. The van der Waals surface area contributed by atoms with Gasteiger partial charge in [-0.1, -0.05) is 29.4 Å². The molecule has 0 aliphatic carbocycles. The Balaban J connectivity index is 1.48. The normalized spacial score (nSPS) is 11.7. The Morgan fingerprint density at radius 3 is 2.59 bits per heavy atom.